The van der Waals surface area contributed by atoms with E-state index in [4.69, 9.17) is 0 Å². The Morgan fingerprint density at radius 3 is 2.52 bits per heavy atom. The van der Waals surface area contributed by atoms with Gasteiger partial charge < -0.3 is 23.0 Å². The maximum absolute atomic E-state index is 11.7. The molecule has 2 aromatic rings. The predicted molar refractivity (Wildman–Crippen MR) is 78.3 cm³/mol. The summed E-state index contributed by atoms with van der Waals surface area (Å²) in [5, 5.41) is 5.56. The molecule has 2 rings (SSSR count). The number of urea groups is 1. The maximum atomic E-state index is 11.7. The Kier molecular flexibility index (Phi) is 9.91. The van der Waals surface area contributed by atoms with Gasteiger partial charge in [0.25, 0.3) is 0 Å². The Bertz CT molecular complexity index is 540. The van der Waals surface area contributed by atoms with Crippen LogP contribution < -0.4 is 23.0 Å². The van der Waals surface area contributed by atoms with Crippen molar-refractivity contribution in [2.24, 2.45) is 0 Å². The minimum atomic E-state index is -0.222. The van der Waals surface area contributed by atoms with E-state index in [1.54, 1.807) is 24.2 Å². The average Bonchev–Trinajstić information content (AvgIpc) is 2.47. The Balaban J connectivity index is 0.00000200. The first-order valence-corrected chi connectivity index (χ1v) is 7.08. The monoisotopic (exact) mass is 371 g/mol. The number of thioether (sulfide) groups is 1. The molecule has 0 unspecified atom stereocenters. The van der Waals surface area contributed by atoms with Crippen molar-refractivity contribution in [2.45, 2.75) is 11.4 Å². The molecule has 7 heteroatoms. The van der Waals surface area contributed by atoms with Gasteiger partial charge in [-0.3, -0.25) is 4.98 Å². The van der Waals surface area contributed by atoms with Crippen molar-refractivity contribution in [3.05, 3.63) is 54.4 Å². The summed E-state index contributed by atoms with van der Waals surface area (Å²) >= 11 is 1.67. The van der Waals surface area contributed by atoms with Gasteiger partial charge in [0.15, 0.2) is 0 Å². The molecule has 0 aliphatic rings. The minimum absolute atomic E-state index is 0. The van der Waals surface area contributed by atoms with Crippen molar-refractivity contribution in [1.82, 2.24) is 10.3 Å². The zero-order valence-electron chi connectivity index (χ0n) is 11.3. The molecular weight excluding hydrogens is 357 g/mol. The quantitative estimate of drug-likeness (QED) is 0.593. The fraction of sp³-hybridized carbons (Fsp3) is 0.143. The van der Waals surface area contributed by atoms with Gasteiger partial charge in [0.2, 0.25) is 0 Å². The second-order valence-electron chi connectivity index (χ2n) is 3.90. The number of hydrogen-bond acceptors (Lipinski definition) is 3. The number of aromatic nitrogens is 1. The van der Waals surface area contributed by atoms with E-state index in [9.17, 15) is 4.79 Å². The van der Waals surface area contributed by atoms with Gasteiger partial charge in [-0.15, -0.1) is 11.8 Å². The molecule has 0 fully saturated rings. The van der Waals surface area contributed by atoms with E-state index in [0.717, 1.165) is 11.3 Å². The summed E-state index contributed by atoms with van der Waals surface area (Å²) in [5.41, 5.74) is 1.75. The average molecular weight is 372 g/mol. The van der Waals surface area contributed by atoms with Crippen LogP contribution in [0.25, 0.3) is 0 Å². The van der Waals surface area contributed by atoms with E-state index >= 15 is 0 Å². The Hall–Kier alpha value is -1.20. The standard InChI is InChI=1S/C14H15N3OS.ClH.Cu/c1-19-13-6-4-12(5-7-13)17-14(18)16-10-11-3-2-8-15-9-11;;/h2-9H,10H2,1H3,(H2,16,17,18);1H;/q;;+2/p-1. The first kappa shape index (κ1) is 19.8. The molecule has 115 valence electrons. The minimum Gasteiger partial charge on any atom is -1.00 e. The Morgan fingerprint density at radius 2 is 1.95 bits per heavy atom. The van der Waals surface area contributed by atoms with Crippen molar-refractivity contribution >= 4 is 23.5 Å². The van der Waals surface area contributed by atoms with Crippen LogP contribution in [0.1, 0.15) is 5.56 Å². The number of rotatable bonds is 4. The number of nitrogens with one attached hydrogen (secondary N) is 2. The van der Waals surface area contributed by atoms with E-state index in [1.165, 1.54) is 4.90 Å². The molecule has 1 radical (unpaired) electrons. The summed E-state index contributed by atoms with van der Waals surface area (Å²) in [6.07, 6.45) is 5.45. The summed E-state index contributed by atoms with van der Waals surface area (Å²) < 4.78 is 0. The smallest absolute Gasteiger partial charge is 1.00 e. The van der Waals surface area contributed by atoms with Gasteiger partial charge in [-0.05, 0) is 42.2 Å². The van der Waals surface area contributed by atoms with Crippen LogP contribution in [0.2, 0.25) is 0 Å². The molecule has 0 aliphatic carbocycles. The van der Waals surface area contributed by atoms with Crippen LogP contribution in [0.15, 0.2) is 53.7 Å². The van der Waals surface area contributed by atoms with Crippen LogP contribution in [-0.4, -0.2) is 17.3 Å². The van der Waals surface area contributed by atoms with Crippen molar-refractivity contribution in [3.8, 4) is 0 Å². The summed E-state index contributed by atoms with van der Waals surface area (Å²) in [5.74, 6) is 0. The van der Waals surface area contributed by atoms with Gasteiger partial charge in [0.1, 0.15) is 0 Å². The Morgan fingerprint density at radius 1 is 1.24 bits per heavy atom. The molecule has 0 atom stereocenters. The molecule has 21 heavy (non-hydrogen) atoms. The number of carbonyl (C=O) groups excluding carboxylic acids is 1. The largest absolute Gasteiger partial charge is 2.00 e. The molecule has 1 aromatic carbocycles. The van der Waals surface area contributed by atoms with Gasteiger partial charge in [0.05, 0.1) is 0 Å². The van der Waals surface area contributed by atoms with Gasteiger partial charge in [-0.2, -0.15) is 0 Å². The van der Waals surface area contributed by atoms with Crippen LogP contribution >= 0.6 is 11.8 Å². The van der Waals surface area contributed by atoms with Crippen LogP contribution in [-0.2, 0) is 23.6 Å². The van der Waals surface area contributed by atoms with Crippen molar-refractivity contribution in [2.75, 3.05) is 11.6 Å². The van der Waals surface area contributed by atoms with Crippen LogP contribution in [0.3, 0.4) is 0 Å². The fourth-order valence-electron chi connectivity index (χ4n) is 1.53. The zero-order chi connectivity index (χ0) is 13.5. The first-order valence-electron chi connectivity index (χ1n) is 5.86. The Labute approximate surface area is 145 Å². The normalized spacial score (nSPS) is 9.00. The summed E-state index contributed by atoms with van der Waals surface area (Å²) in [4.78, 5) is 16.9. The van der Waals surface area contributed by atoms with E-state index in [1.807, 2.05) is 42.7 Å². The topological polar surface area (TPSA) is 54.0 Å². The number of hydrogen-bond donors (Lipinski definition) is 2. The fourth-order valence-corrected chi connectivity index (χ4v) is 1.94. The molecule has 0 saturated heterocycles. The van der Waals surface area contributed by atoms with Crippen molar-refractivity contribution < 1.29 is 34.3 Å². The number of nitrogens with zero attached hydrogens (tertiary/aromatic N) is 1. The molecular formula is C14H15ClCuN3OS+. The first-order chi connectivity index (χ1) is 9.28. The summed E-state index contributed by atoms with van der Waals surface area (Å²) in [7, 11) is 0. The molecule has 0 aliphatic heterocycles. The molecule has 2 amide bonds. The molecule has 0 saturated carbocycles. The third kappa shape index (κ3) is 6.87. The number of amides is 2. The number of halogens is 1. The van der Waals surface area contributed by atoms with Crippen LogP contribution in [0, 0.1) is 0 Å². The van der Waals surface area contributed by atoms with E-state index in [-0.39, 0.29) is 35.5 Å². The molecule has 0 bridgehead atoms. The molecule has 1 heterocycles. The molecule has 2 N–H and O–H groups in total. The third-order valence-electron chi connectivity index (χ3n) is 2.52. The number of carbonyl (C=O) groups is 1. The van der Waals surface area contributed by atoms with Gasteiger partial charge in [-0.1, -0.05) is 6.07 Å². The van der Waals surface area contributed by atoms with E-state index < -0.39 is 0 Å². The number of anilines is 1. The SMILES string of the molecule is CSc1ccc(NC(=O)NCc2cccnc2)cc1.[Cl-].[Cu+2]. The van der Waals surface area contributed by atoms with E-state index in [2.05, 4.69) is 15.6 Å². The molecule has 1 aromatic heterocycles. The summed E-state index contributed by atoms with van der Waals surface area (Å²) in [6.45, 7) is 0.461. The van der Waals surface area contributed by atoms with Crippen molar-refractivity contribution in [1.29, 1.82) is 0 Å². The summed E-state index contributed by atoms with van der Waals surface area (Å²) in [6, 6.07) is 11.3. The predicted octanol–water partition coefficient (Wildman–Crippen LogP) is 0.127. The molecule has 4 nitrogen and oxygen atoms in total. The van der Waals surface area contributed by atoms with Gasteiger partial charge in [0, 0.05) is 29.5 Å². The number of benzene rings is 1. The third-order valence-corrected chi connectivity index (χ3v) is 3.27. The second kappa shape index (κ2) is 10.5. The second-order valence-corrected chi connectivity index (χ2v) is 4.78. The van der Waals surface area contributed by atoms with Gasteiger partial charge in [-0.25, -0.2) is 4.79 Å². The van der Waals surface area contributed by atoms with E-state index in [0.29, 0.717) is 6.54 Å². The van der Waals surface area contributed by atoms with Crippen LogP contribution in [0.4, 0.5) is 10.5 Å². The number of pyridine rings is 1. The van der Waals surface area contributed by atoms with Crippen molar-refractivity contribution in [3.63, 3.8) is 0 Å². The molecule has 0 spiro atoms. The zero-order valence-corrected chi connectivity index (χ0v) is 13.8. The maximum Gasteiger partial charge on any atom is 2.00 e. The van der Waals surface area contributed by atoms with Crippen LogP contribution in [0.5, 0.6) is 0 Å². The van der Waals surface area contributed by atoms with Gasteiger partial charge >= 0.3 is 23.1 Å².